The Morgan fingerprint density at radius 1 is 1.15 bits per heavy atom. The number of aromatic amines is 1. The average Bonchev–Trinajstić information content (AvgIpc) is 3.86. The minimum Gasteiger partial charge on any atom is -0.462 e. The standard InChI is InChI=1S/C33H32F2N8O2S/c1-43-10-4-5-16(43)13-45-33-39-29-27(32(40-33)38-12-24-17-6-2-3-7-23(17)41-42-24)21-15-44-14-20(21)25(28(29)35)18-8-9-22(34)30-26(18)19(11-36)31(37)46-30/h8-9,16H,2-7,10,12-15,37H2,1H3,(H,41,42)(H,38,39,40)/t16-/m0/s1. The number of likely N-dealkylation sites (tertiary alicyclic amines) is 1. The van der Waals surface area contributed by atoms with E-state index in [9.17, 15) is 9.65 Å². The van der Waals surface area contributed by atoms with Crippen LogP contribution in [0.4, 0.5) is 19.6 Å². The van der Waals surface area contributed by atoms with E-state index in [1.807, 2.05) is 0 Å². The lowest BCUT2D eigenvalue weighted by molar-refractivity contribution is 0.135. The van der Waals surface area contributed by atoms with Gasteiger partial charge in [-0.15, -0.1) is 11.3 Å². The molecule has 0 amide bonds. The summed E-state index contributed by atoms with van der Waals surface area (Å²) in [7, 11) is 2.06. The normalized spacial score (nSPS) is 17.8. The lowest BCUT2D eigenvalue weighted by Crippen LogP contribution is -2.31. The number of aryl methyl sites for hydroxylation is 1. The largest absolute Gasteiger partial charge is 0.462 e. The number of ether oxygens (including phenoxy) is 2. The van der Waals surface area contributed by atoms with E-state index in [1.165, 1.54) is 17.7 Å². The highest BCUT2D eigenvalue weighted by Crippen LogP contribution is 2.47. The second kappa shape index (κ2) is 11.5. The van der Waals surface area contributed by atoms with Crippen molar-refractivity contribution in [2.75, 3.05) is 31.2 Å². The summed E-state index contributed by atoms with van der Waals surface area (Å²) in [6, 6.07) is 5.15. The van der Waals surface area contributed by atoms with E-state index in [4.69, 9.17) is 20.2 Å². The molecule has 5 heterocycles. The molecule has 2 aromatic carbocycles. The number of aromatic nitrogens is 4. The summed E-state index contributed by atoms with van der Waals surface area (Å²) in [4.78, 5) is 11.7. The van der Waals surface area contributed by atoms with Gasteiger partial charge in [0.1, 0.15) is 34.8 Å². The number of nitrogen functional groups attached to an aromatic ring is 1. The SMILES string of the molecule is CN1CCC[C@H]1COc1nc(NCc2[nH]nc3c2CCCC3)c2c3c(c(-c4ccc(F)c5sc(N)c(C#N)c45)c(F)c2n1)COC3. The topological polar surface area (TPSA) is 138 Å². The van der Waals surface area contributed by atoms with Crippen LogP contribution in [-0.2, 0) is 37.3 Å². The minimum atomic E-state index is -0.618. The number of H-pyrrole nitrogens is 1. The number of anilines is 2. The van der Waals surface area contributed by atoms with E-state index in [2.05, 4.69) is 38.5 Å². The van der Waals surface area contributed by atoms with Crippen LogP contribution in [0.15, 0.2) is 12.1 Å². The Labute approximate surface area is 267 Å². The van der Waals surface area contributed by atoms with Crippen molar-refractivity contribution in [2.45, 2.75) is 64.3 Å². The van der Waals surface area contributed by atoms with E-state index in [0.29, 0.717) is 35.5 Å². The Balaban J connectivity index is 1.30. The maximum atomic E-state index is 17.1. The lowest BCUT2D eigenvalue weighted by atomic mass is 9.90. The van der Waals surface area contributed by atoms with E-state index in [0.717, 1.165) is 73.4 Å². The summed E-state index contributed by atoms with van der Waals surface area (Å²) in [5, 5.41) is 22.1. The van der Waals surface area contributed by atoms with Crippen LogP contribution >= 0.6 is 11.3 Å². The zero-order valence-corrected chi connectivity index (χ0v) is 26.1. The summed E-state index contributed by atoms with van der Waals surface area (Å²) >= 11 is 0.979. The molecule has 236 valence electrons. The van der Waals surface area contributed by atoms with Crippen LogP contribution < -0.4 is 15.8 Å². The molecule has 0 bridgehead atoms. The Bertz CT molecular complexity index is 2070. The molecule has 46 heavy (non-hydrogen) atoms. The highest BCUT2D eigenvalue weighted by molar-refractivity contribution is 7.23. The molecule has 8 rings (SSSR count). The van der Waals surface area contributed by atoms with Gasteiger partial charge in [-0.1, -0.05) is 6.07 Å². The third-order valence-electron chi connectivity index (χ3n) is 9.61. The van der Waals surface area contributed by atoms with Crippen LogP contribution in [0.25, 0.3) is 32.1 Å². The number of likely N-dealkylation sites (N-methyl/N-ethyl adjacent to an activating group) is 1. The highest BCUT2D eigenvalue weighted by Gasteiger charge is 2.31. The quantitative estimate of drug-likeness (QED) is 0.196. The van der Waals surface area contributed by atoms with E-state index < -0.39 is 11.6 Å². The van der Waals surface area contributed by atoms with Gasteiger partial charge in [0.2, 0.25) is 0 Å². The number of benzene rings is 2. The van der Waals surface area contributed by atoms with Gasteiger partial charge in [-0.05, 0) is 80.4 Å². The number of halogens is 2. The van der Waals surface area contributed by atoms with Crippen LogP contribution in [0.5, 0.6) is 6.01 Å². The van der Waals surface area contributed by atoms with E-state index >= 15 is 4.39 Å². The molecule has 4 N–H and O–H groups in total. The molecule has 0 saturated carbocycles. The van der Waals surface area contributed by atoms with Crippen molar-refractivity contribution >= 4 is 43.1 Å². The van der Waals surface area contributed by atoms with Crippen molar-refractivity contribution < 1.29 is 18.3 Å². The van der Waals surface area contributed by atoms with Crippen LogP contribution in [-0.4, -0.2) is 51.3 Å². The zero-order chi connectivity index (χ0) is 31.5. The number of nitriles is 1. The van der Waals surface area contributed by atoms with Crippen LogP contribution in [0, 0.1) is 23.0 Å². The molecule has 1 atom stereocenters. The first-order chi connectivity index (χ1) is 22.4. The average molecular weight is 643 g/mol. The van der Waals surface area contributed by atoms with Gasteiger partial charge in [0.25, 0.3) is 0 Å². The molecule has 0 unspecified atom stereocenters. The zero-order valence-electron chi connectivity index (χ0n) is 25.3. The van der Waals surface area contributed by atoms with Gasteiger partial charge < -0.3 is 25.4 Å². The molecule has 2 aliphatic heterocycles. The predicted molar refractivity (Wildman–Crippen MR) is 172 cm³/mol. The van der Waals surface area contributed by atoms with Crippen LogP contribution in [0.1, 0.15) is 59.3 Å². The second-order valence-electron chi connectivity index (χ2n) is 12.2. The predicted octanol–water partition coefficient (Wildman–Crippen LogP) is 5.96. The van der Waals surface area contributed by atoms with Crippen molar-refractivity contribution in [2.24, 2.45) is 0 Å². The Kier molecular flexibility index (Phi) is 7.23. The number of nitrogens with one attached hydrogen (secondary N) is 2. The molecule has 1 aliphatic carbocycles. The minimum absolute atomic E-state index is 0.0624. The molecule has 1 fully saturated rings. The lowest BCUT2D eigenvalue weighted by Gasteiger charge is -2.20. The van der Waals surface area contributed by atoms with Crippen molar-refractivity contribution in [3.8, 4) is 23.2 Å². The Hall–Kier alpha value is -4.38. The summed E-state index contributed by atoms with van der Waals surface area (Å²) < 4.78 is 44.4. The fraction of sp³-hybridized carbons (Fsp3) is 0.394. The summed E-state index contributed by atoms with van der Waals surface area (Å²) in [6.45, 7) is 2.12. The van der Waals surface area contributed by atoms with Gasteiger partial charge in [-0.25, -0.2) is 8.78 Å². The summed E-state index contributed by atoms with van der Waals surface area (Å²) in [6.07, 6.45) is 6.23. The first-order valence-corrected chi connectivity index (χ1v) is 16.4. The second-order valence-corrected chi connectivity index (χ2v) is 13.3. The Morgan fingerprint density at radius 2 is 2.00 bits per heavy atom. The van der Waals surface area contributed by atoms with Crippen molar-refractivity contribution in [1.82, 2.24) is 25.1 Å². The number of nitrogens with zero attached hydrogens (tertiary/aromatic N) is 5. The van der Waals surface area contributed by atoms with Crippen LogP contribution in [0.2, 0.25) is 0 Å². The monoisotopic (exact) mass is 642 g/mol. The molecule has 0 spiro atoms. The molecular weight excluding hydrogens is 610 g/mol. The fourth-order valence-corrected chi connectivity index (χ4v) is 8.16. The van der Waals surface area contributed by atoms with Gasteiger partial charge in [-0.2, -0.15) is 20.3 Å². The number of rotatable bonds is 7. The number of nitrogens with two attached hydrogens (primary N) is 1. The van der Waals surface area contributed by atoms with Gasteiger partial charge in [0.15, 0.2) is 5.82 Å². The number of hydrogen-bond donors (Lipinski definition) is 3. The number of thiophene rings is 1. The summed E-state index contributed by atoms with van der Waals surface area (Å²) in [5.74, 6) is -0.700. The summed E-state index contributed by atoms with van der Waals surface area (Å²) in [5.41, 5.74) is 11.6. The van der Waals surface area contributed by atoms with Gasteiger partial charge in [0, 0.05) is 17.0 Å². The Morgan fingerprint density at radius 3 is 2.83 bits per heavy atom. The smallest absolute Gasteiger partial charge is 0.319 e. The third-order valence-corrected chi connectivity index (χ3v) is 10.6. The van der Waals surface area contributed by atoms with Crippen molar-refractivity contribution in [3.05, 3.63) is 57.4 Å². The first-order valence-electron chi connectivity index (χ1n) is 15.6. The maximum Gasteiger partial charge on any atom is 0.319 e. The van der Waals surface area contributed by atoms with Gasteiger partial charge in [-0.3, -0.25) is 5.10 Å². The molecule has 1 saturated heterocycles. The molecule has 5 aromatic rings. The fourth-order valence-electron chi connectivity index (χ4n) is 7.21. The van der Waals surface area contributed by atoms with Gasteiger partial charge >= 0.3 is 6.01 Å². The first kappa shape index (κ1) is 29.1. The molecule has 3 aliphatic rings. The molecule has 3 aromatic heterocycles. The van der Waals surface area contributed by atoms with Gasteiger partial charge in [0.05, 0.1) is 46.8 Å². The molecule has 13 heteroatoms. The molecule has 10 nitrogen and oxygen atoms in total. The number of hydrogen-bond acceptors (Lipinski definition) is 10. The molecular formula is C33H32F2N8O2S. The highest BCUT2D eigenvalue weighted by atomic mass is 32.1. The maximum absolute atomic E-state index is 17.1. The third kappa shape index (κ3) is 4.66. The van der Waals surface area contributed by atoms with Crippen LogP contribution in [0.3, 0.4) is 0 Å². The van der Waals surface area contributed by atoms with E-state index in [-0.39, 0.29) is 57.0 Å². The van der Waals surface area contributed by atoms with E-state index in [1.54, 1.807) is 0 Å². The van der Waals surface area contributed by atoms with Crippen molar-refractivity contribution in [1.29, 1.82) is 5.26 Å². The molecule has 0 radical (unpaired) electrons. The number of fused-ring (bicyclic) bond motifs is 5. The van der Waals surface area contributed by atoms with Crippen molar-refractivity contribution in [3.63, 3.8) is 0 Å².